The number of benzene rings is 1. The van der Waals surface area contributed by atoms with Crippen LogP contribution in [-0.4, -0.2) is 50.7 Å². The fourth-order valence-electron chi connectivity index (χ4n) is 1.32. The van der Waals surface area contributed by atoms with E-state index in [4.69, 9.17) is 14.6 Å². The Morgan fingerprint density at radius 2 is 1.74 bits per heavy atom. The Morgan fingerprint density at radius 1 is 1.05 bits per heavy atom. The molecule has 0 atom stereocenters. The number of rotatable bonds is 9. The summed E-state index contributed by atoms with van der Waals surface area (Å²) < 4.78 is 10.4. The van der Waals surface area contributed by atoms with Crippen molar-refractivity contribution in [1.82, 2.24) is 10.6 Å². The van der Waals surface area contributed by atoms with E-state index in [0.717, 1.165) is 5.75 Å². The van der Waals surface area contributed by atoms with Crippen LogP contribution >= 0.6 is 0 Å². The van der Waals surface area contributed by atoms with Crippen LogP contribution in [-0.2, 0) is 4.74 Å². The Hall–Kier alpha value is -1.79. The van der Waals surface area contributed by atoms with Gasteiger partial charge in [0.25, 0.3) is 0 Å². The molecule has 0 saturated carbocycles. The number of aliphatic hydroxyl groups excluding tert-OH is 1. The average Bonchev–Trinajstić information content (AvgIpc) is 2.44. The predicted octanol–water partition coefficient (Wildman–Crippen LogP) is 0.374. The fourth-order valence-corrected chi connectivity index (χ4v) is 1.32. The van der Waals surface area contributed by atoms with Crippen LogP contribution in [0.15, 0.2) is 30.3 Å². The van der Waals surface area contributed by atoms with Gasteiger partial charge in [0.15, 0.2) is 0 Å². The van der Waals surface area contributed by atoms with Gasteiger partial charge in [0.2, 0.25) is 0 Å². The number of nitrogens with one attached hydrogen (secondary N) is 2. The summed E-state index contributed by atoms with van der Waals surface area (Å²) in [7, 11) is 0. The zero-order valence-electron chi connectivity index (χ0n) is 10.8. The highest BCUT2D eigenvalue weighted by Crippen LogP contribution is 2.07. The number of aliphatic hydroxyl groups is 1. The van der Waals surface area contributed by atoms with E-state index in [0.29, 0.717) is 26.3 Å². The summed E-state index contributed by atoms with van der Waals surface area (Å²) in [5.74, 6) is 0.780. The third-order valence-electron chi connectivity index (χ3n) is 2.17. The quantitative estimate of drug-likeness (QED) is 0.565. The van der Waals surface area contributed by atoms with Crippen molar-refractivity contribution in [2.75, 3.05) is 39.5 Å². The fraction of sp³-hybridized carbons (Fsp3) is 0.462. The van der Waals surface area contributed by atoms with Crippen molar-refractivity contribution < 1.29 is 19.4 Å². The van der Waals surface area contributed by atoms with Crippen LogP contribution in [0, 0.1) is 0 Å². The highest BCUT2D eigenvalue weighted by atomic mass is 16.5. The Morgan fingerprint density at radius 3 is 2.42 bits per heavy atom. The Kier molecular flexibility index (Phi) is 8.17. The minimum atomic E-state index is -0.260. The van der Waals surface area contributed by atoms with Gasteiger partial charge in [0.1, 0.15) is 12.4 Å². The summed E-state index contributed by atoms with van der Waals surface area (Å²) in [6.07, 6.45) is 0. The molecule has 0 aliphatic carbocycles. The molecule has 106 valence electrons. The molecule has 0 aliphatic heterocycles. The lowest BCUT2D eigenvalue weighted by Gasteiger charge is -2.09. The number of carbonyl (C=O) groups excluding carboxylic acids is 1. The SMILES string of the molecule is O=C(NCCOCCO)NCCOc1ccccc1. The summed E-state index contributed by atoms with van der Waals surface area (Å²) in [6.45, 7) is 1.91. The van der Waals surface area contributed by atoms with Crippen LogP contribution in [0.25, 0.3) is 0 Å². The average molecular weight is 268 g/mol. The van der Waals surface area contributed by atoms with Crippen LogP contribution in [0.1, 0.15) is 0 Å². The maximum Gasteiger partial charge on any atom is 0.314 e. The summed E-state index contributed by atoms with van der Waals surface area (Å²) >= 11 is 0. The maximum atomic E-state index is 11.3. The molecule has 6 heteroatoms. The zero-order valence-corrected chi connectivity index (χ0v) is 10.8. The summed E-state index contributed by atoms with van der Waals surface area (Å²) in [4.78, 5) is 11.3. The van der Waals surface area contributed by atoms with E-state index in [9.17, 15) is 4.79 Å². The first-order chi connectivity index (χ1) is 9.33. The van der Waals surface area contributed by atoms with E-state index in [-0.39, 0.29) is 19.2 Å². The summed E-state index contributed by atoms with van der Waals surface area (Å²) in [5.41, 5.74) is 0. The summed E-state index contributed by atoms with van der Waals surface area (Å²) in [5, 5.41) is 13.8. The molecule has 0 spiro atoms. The maximum absolute atomic E-state index is 11.3. The van der Waals surface area contributed by atoms with Crippen LogP contribution in [0.3, 0.4) is 0 Å². The zero-order chi connectivity index (χ0) is 13.8. The van der Waals surface area contributed by atoms with Crippen LogP contribution in [0.5, 0.6) is 5.75 Å². The molecule has 0 aliphatic rings. The van der Waals surface area contributed by atoms with E-state index >= 15 is 0 Å². The van der Waals surface area contributed by atoms with Gasteiger partial charge in [-0.2, -0.15) is 0 Å². The van der Waals surface area contributed by atoms with Gasteiger partial charge in [0.05, 0.1) is 26.4 Å². The van der Waals surface area contributed by atoms with E-state index < -0.39 is 0 Å². The third-order valence-corrected chi connectivity index (χ3v) is 2.17. The first kappa shape index (κ1) is 15.3. The first-order valence-corrected chi connectivity index (χ1v) is 6.21. The molecular formula is C13H20N2O4. The number of urea groups is 1. The topological polar surface area (TPSA) is 79.8 Å². The Balaban J connectivity index is 1.95. The molecule has 1 aromatic carbocycles. The molecule has 1 rings (SSSR count). The van der Waals surface area contributed by atoms with Gasteiger partial charge in [-0.15, -0.1) is 0 Å². The van der Waals surface area contributed by atoms with E-state index in [2.05, 4.69) is 10.6 Å². The number of para-hydroxylation sites is 1. The van der Waals surface area contributed by atoms with E-state index in [1.54, 1.807) is 0 Å². The van der Waals surface area contributed by atoms with Gasteiger partial charge in [-0.1, -0.05) is 18.2 Å². The van der Waals surface area contributed by atoms with Crippen molar-refractivity contribution in [3.05, 3.63) is 30.3 Å². The number of ether oxygens (including phenoxy) is 2. The Labute approximate surface area is 112 Å². The van der Waals surface area contributed by atoms with Gasteiger partial charge in [-0.25, -0.2) is 4.79 Å². The lowest BCUT2D eigenvalue weighted by Crippen LogP contribution is -2.39. The molecule has 0 bridgehead atoms. The highest BCUT2D eigenvalue weighted by molar-refractivity contribution is 5.73. The van der Waals surface area contributed by atoms with Gasteiger partial charge >= 0.3 is 6.03 Å². The molecule has 3 N–H and O–H groups in total. The summed E-state index contributed by atoms with van der Waals surface area (Å²) in [6, 6.07) is 9.15. The number of carbonyl (C=O) groups is 1. The smallest absolute Gasteiger partial charge is 0.314 e. The first-order valence-electron chi connectivity index (χ1n) is 6.21. The molecule has 2 amide bonds. The molecule has 19 heavy (non-hydrogen) atoms. The van der Waals surface area contributed by atoms with Crippen molar-refractivity contribution in [2.45, 2.75) is 0 Å². The van der Waals surface area contributed by atoms with Crippen molar-refractivity contribution in [1.29, 1.82) is 0 Å². The standard InChI is InChI=1S/C13H20N2O4/c16-8-11-18-9-6-14-13(17)15-7-10-19-12-4-2-1-3-5-12/h1-5,16H,6-11H2,(H2,14,15,17). The normalized spacial score (nSPS) is 9.95. The minimum absolute atomic E-state index is 0.0109. The van der Waals surface area contributed by atoms with Crippen molar-refractivity contribution in [2.24, 2.45) is 0 Å². The largest absolute Gasteiger partial charge is 0.492 e. The lowest BCUT2D eigenvalue weighted by atomic mass is 10.3. The van der Waals surface area contributed by atoms with Gasteiger partial charge in [-0.3, -0.25) is 0 Å². The van der Waals surface area contributed by atoms with Crippen LogP contribution in [0.4, 0.5) is 4.79 Å². The Bertz CT molecular complexity index is 346. The van der Waals surface area contributed by atoms with Gasteiger partial charge in [-0.05, 0) is 12.1 Å². The van der Waals surface area contributed by atoms with Gasteiger partial charge < -0.3 is 25.2 Å². The second-order valence-electron chi connectivity index (χ2n) is 3.68. The molecule has 0 fully saturated rings. The second kappa shape index (κ2) is 10.2. The third kappa shape index (κ3) is 8.01. The molecule has 0 saturated heterocycles. The molecule has 0 radical (unpaired) electrons. The van der Waals surface area contributed by atoms with Crippen LogP contribution < -0.4 is 15.4 Å². The molecule has 1 aromatic rings. The second-order valence-corrected chi connectivity index (χ2v) is 3.68. The minimum Gasteiger partial charge on any atom is -0.492 e. The van der Waals surface area contributed by atoms with Crippen molar-refractivity contribution in [3.63, 3.8) is 0 Å². The van der Waals surface area contributed by atoms with E-state index in [1.807, 2.05) is 30.3 Å². The van der Waals surface area contributed by atoms with E-state index in [1.165, 1.54) is 0 Å². The monoisotopic (exact) mass is 268 g/mol. The lowest BCUT2D eigenvalue weighted by molar-refractivity contribution is 0.0947. The highest BCUT2D eigenvalue weighted by Gasteiger charge is 1.98. The number of hydrogen-bond donors (Lipinski definition) is 3. The van der Waals surface area contributed by atoms with Crippen LogP contribution in [0.2, 0.25) is 0 Å². The molecule has 6 nitrogen and oxygen atoms in total. The predicted molar refractivity (Wildman–Crippen MR) is 71.2 cm³/mol. The molecular weight excluding hydrogens is 248 g/mol. The number of amides is 2. The molecule has 0 aromatic heterocycles. The molecule has 0 unspecified atom stereocenters. The number of hydrogen-bond acceptors (Lipinski definition) is 4. The van der Waals surface area contributed by atoms with Crippen molar-refractivity contribution in [3.8, 4) is 5.75 Å². The van der Waals surface area contributed by atoms with Crippen molar-refractivity contribution >= 4 is 6.03 Å². The van der Waals surface area contributed by atoms with Gasteiger partial charge in [0, 0.05) is 6.54 Å². The molecule has 0 heterocycles.